The molecule has 0 saturated carbocycles. The smallest absolute Gasteiger partial charge is 0.141 e. The number of nitriles is 1. The second kappa shape index (κ2) is 5.72. The fourth-order valence-corrected chi connectivity index (χ4v) is 1.58. The average molecular weight is 241 g/mol. The third-order valence-electron chi connectivity index (χ3n) is 2.12. The van der Waals surface area contributed by atoms with Gasteiger partial charge in [-0.05, 0) is 30.5 Å². The minimum Gasteiger partial charge on any atom is -0.370 e. The Bertz CT molecular complexity index is 398. The van der Waals surface area contributed by atoms with Gasteiger partial charge in [-0.3, -0.25) is 0 Å². The first-order chi connectivity index (χ1) is 7.52. The molecule has 1 aromatic rings. The fraction of sp³-hybridized carbons (Fsp3) is 0.417. The first-order valence-corrected chi connectivity index (χ1v) is 5.52. The largest absolute Gasteiger partial charge is 0.370 e. The molecule has 86 valence electrons. The highest BCUT2D eigenvalue weighted by molar-refractivity contribution is 6.31. The maximum absolute atomic E-state index is 12.9. The van der Waals surface area contributed by atoms with Crippen molar-refractivity contribution in [2.45, 2.75) is 26.3 Å². The summed E-state index contributed by atoms with van der Waals surface area (Å²) in [6.45, 7) is 4.09. The second-order valence-electron chi connectivity index (χ2n) is 4.08. The van der Waals surface area contributed by atoms with Gasteiger partial charge >= 0.3 is 0 Å². The van der Waals surface area contributed by atoms with Gasteiger partial charge in [0.25, 0.3) is 0 Å². The second-order valence-corrected chi connectivity index (χ2v) is 4.49. The number of rotatable bonds is 4. The lowest BCUT2D eigenvalue weighted by Crippen LogP contribution is -2.19. The number of hydrogen-bond donors (Lipinski definition) is 1. The van der Waals surface area contributed by atoms with Crippen LogP contribution in [0.4, 0.5) is 10.1 Å². The standard InChI is InChI=1S/C12H14ClFN2/c1-8(2)5-10(7-15)16-9-3-4-12(14)11(13)6-9/h3-4,6,8,10,16H,5H2,1-2H3. The minimum atomic E-state index is -0.454. The molecule has 16 heavy (non-hydrogen) atoms. The Morgan fingerprint density at radius 2 is 2.19 bits per heavy atom. The van der Waals surface area contributed by atoms with Crippen molar-refractivity contribution < 1.29 is 4.39 Å². The highest BCUT2D eigenvalue weighted by atomic mass is 35.5. The molecule has 0 bridgehead atoms. The molecule has 0 spiro atoms. The minimum absolute atomic E-state index is 0.0613. The van der Waals surface area contributed by atoms with Crippen molar-refractivity contribution in [3.8, 4) is 6.07 Å². The van der Waals surface area contributed by atoms with Crippen molar-refractivity contribution >= 4 is 17.3 Å². The molecule has 0 aliphatic rings. The van der Waals surface area contributed by atoms with Crippen LogP contribution in [-0.4, -0.2) is 6.04 Å². The molecule has 1 atom stereocenters. The van der Waals surface area contributed by atoms with E-state index in [9.17, 15) is 4.39 Å². The lowest BCUT2D eigenvalue weighted by atomic mass is 10.0. The zero-order valence-electron chi connectivity index (χ0n) is 9.30. The SMILES string of the molecule is CC(C)CC(C#N)Nc1ccc(F)c(Cl)c1. The molecule has 0 aliphatic carbocycles. The summed E-state index contributed by atoms with van der Waals surface area (Å²) in [5, 5.41) is 12.0. The molecule has 2 nitrogen and oxygen atoms in total. The van der Waals surface area contributed by atoms with Crippen LogP contribution in [0.1, 0.15) is 20.3 Å². The van der Waals surface area contributed by atoms with E-state index in [0.717, 1.165) is 6.42 Å². The molecule has 4 heteroatoms. The zero-order valence-corrected chi connectivity index (χ0v) is 10.1. The van der Waals surface area contributed by atoms with Crippen LogP contribution in [0.3, 0.4) is 0 Å². The van der Waals surface area contributed by atoms with E-state index in [4.69, 9.17) is 16.9 Å². The lowest BCUT2D eigenvalue weighted by Gasteiger charge is -2.15. The first kappa shape index (κ1) is 12.8. The lowest BCUT2D eigenvalue weighted by molar-refractivity contribution is 0.568. The molecule has 1 N–H and O–H groups in total. The zero-order chi connectivity index (χ0) is 12.1. The monoisotopic (exact) mass is 240 g/mol. The van der Waals surface area contributed by atoms with Gasteiger partial charge in [-0.1, -0.05) is 25.4 Å². The van der Waals surface area contributed by atoms with Gasteiger partial charge in [-0.15, -0.1) is 0 Å². The van der Waals surface area contributed by atoms with E-state index in [1.807, 2.05) is 13.8 Å². The molecule has 0 amide bonds. The number of halogens is 2. The van der Waals surface area contributed by atoms with Crippen LogP contribution in [0.15, 0.2) is 18.2 Å². The first-order valence-electron chi connectivity index (χ1n) is 5.14. The molecule has 0 heterocycles. The quantitative estimate of drug-likeness (QED) is 0.868. The highest BCUT2D eigenvalue weighted by Gasteiger charge is 2.10. The summed E-state index contributed by atoms with van der Waals surface area (Å²) in [6.07, 6.45) is 0.742. The summed E-state index contributed by atoms with van der Waals surface area (Å²) < 4.78 is 12.9. The van der Waals surface area contributed by atoms with Crippen LogP contribution >= 0.6 is 11.6 Å². The van der Waals surface area contributed by atoms with Crippen molar-refractivity contribution in [3.05, 3.63) is 29.0 Å². The van der Waals surface area contributed by atoms with Crippen LogP contribution in [0.5, 0.6) is 0 Å². The van der Waals surface area contributed by atoms with E-state index in [1.165, 1.54) is 12.1 Å². The van der Waals surface area contributed by atoms with Crippen molar-refractivity contribution in [1.29, 1.82) is 5.26 Å². The van der Waals surface area contributed by atoms with Crippen molar-refractivity contribution in [1.82, 2.24) is 0 Å². The van der Waals surface area contributed by atoms with E-state index < -0.39 is 5.82 Å². The molecular weight excluding hydrogens is 227 g/mol. The number of nitrogens with one attached hydrogen (secondary N) is 1. The van der Waals surface area contributed by atoms with Gasteiger partial charge in [0.2, 0.25) is 0 Å². The van der Waals surface area contributed by atoms with E-state index in [1.54, 1.807) is 6.07 Å². The Balaban J connectivity index is 2.71. The van der Waals surface area contributed by atoms with Gasteiger partial charge in [0.05, 0.1) is 11.1 Å². The van der Waals surface area contributed by atoms with Crippen molar-refractivity contribution in [2.24, 2.45) is 5.92 Å². The van der Waals surface area contributed by atoms with E-state index >= 15 is 0 Å². The molecule has 1 unspecified atom stereocenters. The highest BCUT2D eigenvalue weighted by Crippen LogP contribution is 2.20. The Kier molecular flexibility index (Phi) is 4.57. The molecule has 0 aromatic heterocycles. The van der Waals surface area contributed by atoms with Crippen LogP contribution < -0.4 is 5.32 Å². The Hall–Kier alpha value is -1.27. The summed E-state index contributed by atoms with van der Waals surface area (Å²) in [6, 6.07) is 6.24. The molecule has 0 radical (unpaired) electrons. The van der Waals surface area contributed by atoms with Crippen LogP contribution in [0.25, 0.3) is 0 Å². The van der Waals surface area contributed by atoms with Crippen molar-refractivity contribution in [2.75, 3.05) is 5.32 Å². The number of benzene rings is 1. The Morgan fingerprint density at radius 3 is 2.69 bits per heavy atom. The van der Waals surface area contributed by atoms with Gasteiger partial charge < -0.3 is 5.32 Å². The third kappa shape index (κ3) is 3.71. The summed E-state index contributed by atoms with van der Waals surface area (Å²) in [7, 11) is 0. The average Bonchev–Trinajstić information content (AvgIpc) is 2.22. The number of anilines is 1. The van der Waals surface area contributed by atoms with Crippen LogP contribution in [-0.2, 0) is 0 Å². The molecule has 0 aliphatic heterocycles. The van der Waals surface area contributed by atoms with E-state index in [-0.39, 0.29) is 11.1 Å². The molecule has 0 fully saturated rings. The number of hydrogen-bond acceptors (Lipinski definition) is 2. The Labute approximate surface area is 100 Å². The van der Waals surface area contributed by atoms with Gasteiger partial charge in [0, 0.05) is 5.69 Å². The summed E-state index contributed by atoms with van der Waals surface area (Å²) in [5.74, 6) is -0.0299. The van der Waals surface area contributed by atoms with Gasteiger partial charge in [0.1, 0.15) is 11.9 Å². The Morgan fingerprint density at radius 1 is 1.50 bits per heavy atom. The molecule has 1 aromatic carbocycles. The van der Waals surface area contributed by atoms with E-state index in [0.29, 0.717) is 11.6 Å². The van der Waals surface area contributed by atoms with Crippen molar-refractivity contribution in [3.63, 3.8) is 0 Å². The third-order valence-corrected chi connectivity index (χ3v) is 2.41. The normalized spacial score (nSPS) is 12.2. The number of nitrogens with zero attached hydrogens (tertiary/aromatic N) is 1. The predicted octanol–water partition coefficient (Wildman–Crippen LogP) is 3.83. The van der Waals surface area contributed by atoms with Crippen LogP contribution in [0, 0.1) is 23.1 Å². The molecular formula is C12H14ClFN2. The van der Waals surface area contributed by atoms with E-state index in [2.05, 4.69) is 11.4 Å². The van der Waals surface area contributed by atoms with Crippen LogP contribution in [0.2, 0.25) is 5.02 Å². The summed E-state index contributed by atoms with van der Waals surface area (Å²) in [5.41, 5.74) is 0.665. The molecule has 0 saturated heterocycles. The summed E-state index contributed by atoms with van der Waals surface area (Å²) >= 11 is 5.65. The fourth-order valence-electron chi connectivity index (χ4n) is 1.40. The van der Waals surface area contributed by atoms with Gasteiger partial charge in [-0.25, -0.2) is 4.39 Å². The van der Waals surface area contributed by atoms with Gasteiger partial charge in [-0.2, -0.15) is 5.26 Å². The maximum Gasteiger partial charge on any atom is 0.141 e. The predicted molar refractivity (Wildman–Crippen MR) is 63.9 cm³/mol. The molecule has 1 rings (SSSR count). The topological polar surface area (TPSA) is 35.8 Å². The summed E-state index contributed by atoms with van der Waals surface area (Å²) in [4.78, 5) is 0. The van der Waals surface area contributed by atoms with Gasteiger partial charge in [0.15, 0.2) is 0 Å². The maximum atomic E-state index is 12.9.